The SMILES string of the molecule is C1CO1.[Zn]. The van der Waals surface area contributed by atoms with E-state index in [9.17, 15) is 0 Å². The van der Waals surface area contributed by atoms with Crippen LogP contribution in [0, 0.1) is 0 Å². The largest absolute Gasteiger partial charge is 0.377 e. The van der Waals surface area contributed by atoms with E-state index in [2.05, 4.69) is 4.74 Å². The maximum absolute atomic E-state index is 4.50. The number of hydrogen-bond acceptors (Lipinski definition) is 1. The Balaban J connectivity index is 0.0000000900. The zero-order valence-corrected chi connectivity index (χ0v) is 5.50. The van der Waals surface area contributed by atoms with Gasteiger partial charge in [-0.05, 0) is 0 Å². The molecule has 0 amide bonds. The number of rotatable bonds is 0. The molecule has 0 N–H and O–H groups in total. The molecule has 0 aromatic rings. The van der Waals surface area contributed by atoms with Crippen LogP contribution in [0.25, 0.3) is 0 Å². The topological polar surface area (TPSA) is 12.5 Å². The van der Waals surface area contributed by atoms with Crippen LogP contribution in [-0.2, 0) is 24.2 Å². The summed E-state index contributed by atoms with van der Waals surface area (Å²) in [6.07, 6.45) is 0. The van der Waals surface area contributed by atoms with Gasteiger partial charge < -0.3 is 4.74 Å². The first-order valence-corrected chi connectivity index (χ1v) is 1.08. The van der Waals surface area contributed by atoms with Crippen LogP contribution in [-0.4, -0.2) is 13.2 Å². The van der Waals surface area contributed by atoms with Crippen LogP contribution in [0.1, 0.15) is 0 Å². The quantitative estimate of drug-likeness (QED) is 0.315. The molecule has 1 heterocycles. The van der Waals surface area contributed by atoms with E-state index >= 15 is 0 Å². The molecule has 1 fully saturated rings. The van der Waals surface area contributed by atoms with E-state index in [1.54, 1.807) is 0 Å². The summed E-state index contributed by atoms with van der Waals surface area (Å²) in [5.41, 5.74) is 0. The second-order valence-corrected chi connectivity index (χ2v) is 0.612. The maximum Gasteiger partial charge on any atom is 0.0701 e. The van der Waals surface area contributed by atoms with Crippen LogP contribution in [0.5, 0.6) is 0 Å². The fourth-order valence-electron chi connectivity index (χ4n) is 0. The first-order valence-electron chi connectivity index (χ1n) is 1.08. The minimum Gasteiger partial charge on any atom is -0.377 e. The van der Waals surface area contributed by atoms with Crippen molar-refractivity contribution in [3.63, 3.8) is 0 Å². The number of ether oxygens (including phenoxy) is 1. The summed E-state index contributed by atoms with van der Waals surface area (Å²) in [5, 5.41) is 0. The van der Waals surface area contributed by atoms with Crippen LogP contribution in [0.15, 0.2) is 0 Å². The predicted octanol–water partition coefficient (Wildman–Crippen LogP) is 0.0141. The molecule has 0 aliphatic carbocycles. The average Bonchev–Trinajstić information content (AvgIpc) is 1.46. The summed E-state index contributed by atoms with van der Waals surface area (Å²) in [6.45, 7) is 2.00. The minimum absolute atomic E-state index is 0. The monoisotopic (exact) mass is 108 g/mol. The van der Waals surface area contributed by atoms with Gasteiger partial charge in [0.05, 0.1) is 13.2 Å². The van der Waals surface area contributed by atoms with Gasteiger partial charge in [-0.1, -0.05) is 0 Å². The van der Waals surface area contributed by atoms with Gasteiger partial charge >= 0.3 is 0 Å². The Hall–Kier alpha value is 0.583. The van der Waals surface area contributed by atoms with Crippen molar-refractivity contribution >= 4 is 0 Å². The third kappa shape index (κ3) is 2.58. The van der Waals surface area contributed by atoms with E-state index in [0.29, 0.717) is 0 Å². The third-order valence-corrected chi connectivity index (χ3v) is 0.204. The molecule has 0 bridgehead atoms. The summed E-state index contributed by atoms with van der Waals surface area (Å²) < 4.78 is 4.50. The van der Waals surface area contributed by atoms with Gasteiger partial charge in [0.15, 0.2) is 0 Å². The van der Waals surface area contributed by atoms with Crippen molar-refractivity contribution < 1.29 is 24.2 Å². The molecule has 0 spiro atoms. The second kappa shape index (κ2) is 1.86. The average molecular weight is 109 g/mol. The van der Waals surface area contributed by atoms with Crippen molar-refractivity contribution in [3.8, 4) is 0 Å². The van der Waals surface area contributed by atoms with Crippen LogP contribution >= 0.6 is 0 Å². The van der Waals surface area contributed by atoms with Crippen molar-refractivity contribution in [1.82, 2.24) is 0 Å². The fraction of sp³-hybridized carbons (Fsp3) is 1.00. The molecule has 1 aliphatic rings. The van der Waals surface area contributed by atoms with Gasteiger partial charge in [-0.2, -0.15) is 0 Å². The number of epoxide rings is 1. The zero-order valence-electron chi connectivity index (χ0n) is 2.53. The number of hydrogen-bond donors (Lipinski definition) is 0. The van der Waals surface area contributed by atoms with Crippen LogP contribution in [0.2, 0.25) is 0 Å². The van der Waals surface area contributed by atoms with E-state index in [1.165, 1.54) is 0 Å². The predicted molar refractivity (Wildman–Crippen MR) is 10.8 cm³/mol. The molecule has 1 saturated heterocycles. The normalized spacial score (nSPS) is 18.0. The maximum atomic E-state index is 4.50. The van der Waals surface area contributed by atoms with Gasteiger partial charge in [-0.15, -0.1) is 0 Å². The van der Waals surface area contributed by atoms with Crippen LogP contribution < -0.4 is 0 Å². The molecule has 4 heavy (non-hydrogen) atoms. The Morgan fingerprint density at radius 2 is 1.50 bits per heavy atom. The summed E-state index contributed by atoms with van der Waals surface area (Å²) in [5.74, 6) is 0. The third-order valence-electron chi connectivity index (χ3n) is 0.204. The van der Waals surface area contributed by atoms with Crippen molar-refractivity contribution in [2.75, 3.05) is 13.2 Å². The summed E-state index contributed by atoms with van der Waals surface area (Å²) >= 11 is 0. The van der Waals surface area contributed by atoms with Gasteiger partial charge in [0.25, 0.3) is 0 Å². The van der Waals surface area contributed by atoms with Crippen LogP contribution in [0.3, 0.4) is 0 Å². The van der Waals surface area contributed by atoms with E-state index in [4.69, 9.17) is 0 Å². The molecule has 1 nitrogen and oxygen atoms in total. The molecule has 1 rings (SSSR count). The van der Waals surface area contributed by atoms with Crippen molar-refractivity contribution in [2.45, 2.75) is 0 Å². The molecule has 0 aromatic heterocycles. The first-order chi connectivity index (χ1) is 1.50. The van der Waals surface area contributed by atoms with Crippen molar-refractivity contribution in [1.29, 1.82) is 0 Å². The minimum atomic E-state index is 0. The Morgan fingerprint density at radius 3 is 1.50 bits per heavy atom. The Labute approximate surface area is 38.1 Å². The Morgan fingerprint density at radius 1 is 1.25 bits per heavy atom. The summed E-state index contributed by atoms with van der Waals surface area (Å²) in [6, 6.07) is 0. The molecular weight excluding hydrogens is 105 g/mol. The van der Waals surface area contributed by atoms with Gasteiger partial charge in [0.1, 0.15) is 0 Å². The molecule has 0 saturated carbocycles. The molecule has 1 aliphatic heterocycles. The van der Waals surface area contributed by atoms with E-state index in [1.807, 2.05) is 0 Å². The molecule has 0 atom stereocenters. The molecule has 0 radical (unpaired) electrons. The van der Waals surface area contributed by atoms with Gasteiger partial charge in [-0.25, -0.2) is 0 Å². The molecule has 0 unspecified atom stereocenters. The Kier molecular flexibility index (Phi) is 2.13. The standard InChI is InChI=1S/C2H4O.Zn/c1-2-3-1;/h1-2H2;. The van der Waals surface area contributed by atoms with Gasteiger partial charge in [-0.3, -0.25) is 0 Å². The summed E-state index contributed by atoms with van der Waals surface area (Å²) in [4.78, 5) is 0. The molecular formula is C2H4OZn. The Bertz CT molecular complexity index is 10.8. The van der Waals surface area contributed by atoms with E-state index in [-0.39, 0.29) is 19.5 Å². The van der Waals surface area contributed by atoms with Crippen LogP contribution in [0.4, 0.5) is 0 Å². The van der Waals surface area contributed by atoms with Crippen molar-refractivity contribution in [2.24, 2.45) is 0 Å². The second-order valence-electron chi connectivity index (χ2n) is 0.612. The fourth-order valence-corrected chi connectivity index (χ4v) is 0. The van der Waals surface area contributed by atoms with Crippen molar-refractivity contribution in [3.05, 3.63) is 0 Å². The van der Waals surface area contributed by atoms with Gasteiger partial charge in [0.2, 0.25) is 0 Å². The molecule has 0 aromatic carbocycles. The van der Waals surface area contributed by atoms with Gasteiger partial charge in [0, 0.05) is 19.5 Å². The molecule has 20 valence electrons. The molecule has 2 heteroatoms. The summed E-state index contributed by atoms with van der Waals surface area (Å²) in [7, 11) is 0. The zero-order chi connectivity index (χ0) is 2.12. The smallest absolute Gasteiger partial charge is 0.0701 e. The van der Waals surface area contributed by atoms with E-state index in [0.717, 1.165) is 13.2 Å². The first kappa shape index (κ1) is 4.58. The van der Waals surface area contributed by atoms with E-state index < -0.39 is 0 Å².